The maximum atomic E-state index is 13.0. The zero-order chi connectivity index (χ0) is 26.4. The van der Waals surface area contributed by atoms with Gasteiger partial charge in [0, 0.05) is 12.1 Å². The van der Waals surface area contributed by atoms with Gasteiger partial charge in [-0.1, -0.05) is 11.2 Å². The molecule has 198 valence electrons. The molecule has 2 heterocycles. The molecule has 1 N–H and O–H groups in total. The Hall–Kier alpha value is -3.59. The van der Waals surface area contributed by atoms with Crippen molar-refractivity contribution in [2.75, 3.05) is 33.9 Å². The van der Waals surface area contributed by atoms with E-state index in [0.29, 0.717) is 42.9 Å². The number of carbonyl (C=O) groups excluding carboxylic acids is 1. The van der Waals surface area contributed by atoms with Crippen LogP contribution in [0.25, 0.3) is 11.4 Å². The topological polar surface area (TPSA) is 99.0 Å². The molecule has 1 aliphatic heterocycles. The number of amides is 1. The zero-order valence-corrected chi connectivity index (χ0v) is 22.2. The molecule has 1 saturated heterocycles. The Kier molecular flexibility index (Phi) is 8.66. The van der Waals surface area contributed by atoms with Gasteiger partial charge in [0.2, 0.25) is 17.6 Å². The number of carbonyl (C=O) groups is 1. The number of piperidine rings is 1. The van der Waals surface area contributed by atoms with Gasteiger partial charge in [-0.25, -0.2) is 0 Å². The Labute approximate surface area is 218 Å². The van der Waals surface area contributed by atoms with E-state index >= 15 is 0 Å². The van der Waals surface area contributed by atoms with Crippen LogP contribution < -0.4 is 19.5 Å². The lowest BCUT2D eigenvalue weighted by Crippen LogP contribution is -2.46. The predicted molar refractivity (Wildman–Crippen MR) is 140 cm³/mol. The molecule has 1 aliphatic rings. The van der Waals surface area contributed by atoms with E-state index in [4.69, 9.17) is 18.7 Å². The molecule has 1 fully saturated rings. The molecule has 0 saturated carbocycles. The van der Waals surface area contributed by atoms with E-state index in [0.717, 1.165) is 30.7 Å². The number of aromatic nitrogens is 2. The fourth-order valence-corrected chi connectivity index (χ4v) is 4.44. The standard InChI is InChI=1S/C28H36N4O5/c1-18-8-10-23(13-19(18)2)36-17-20(3)29-28(33)22-7-6-12-32(15-22)16-26-30-27(31-37-26)21-9-11-24(34-4)25(14-21)35-5/h8-11,13-14,20,22H,6-7,12,15-17H2,1-5H3,(H,29,33). The predicted octanol–water partition coefficient (Wildman–Crippen LogP) is 4.17. The van der Waals surface area contributed by atoms with Crippen molar-refractivity contribution in [3.05, 3.63) is 53.4 Å². The smallest absolute Gasteiger partial charge is 0.241 e. The number of ether oxygens (including phenoxy) is 3. The average molecular weight is 509 g/mol. The van der Waals surface area contributed by atoms with Crippen LogP contribution in [-0.4, -0.2) is 60.9 Å². The average Bonchev–Trinajstić information content (AvgIpc) is 3.37. The van der Waals surface area contributed by atoms with Crippen LogP contribution in [0.4, 0.5) is 0 Å². The van der Waals surface area contributed by atoms with Gasteiger partial charge in [-0.05, 0) is 81.6 Å². The Morgan fingerprint density at radius 3 is 2.70 bits per heavy atom. The third kappa shape index (κ3) is 6.80. The van der Waals surface area contributed by atoms with Crippen molar-refractivity contribution < 1.29 is 23.5 Å². The highest BCUT2D eigenvalue weighted by Gasteiger charge is 2.28. The summed E-state index contributed by atoms with van der Waals surface area (Å²) in [7, 11) is 3.18. The summed E-state index contributed by atoms with van der Waals surface area (Å²) in [4.78, 5) is 19.7. The lowest BCUT2D eigenvalue weighted by atomic mass is 9.97. The number of likely N-dealkylation sites (tertiary alicyclic amines) is 1. The summed E-state index contributed by atoms with van der Waals surface area (Å²) in [6.45, 7) is 8.54. The normalized spacial score (nSPS) is 16.7. The number of methoxy groups -OCH3 is 2. The largest absolute Gasteiger partial charge is 0.493 e. The number of hydrogen-bond donors (Lipinski definition) is 1. The molecule has 37 heavy (non-hydrogen) atoms. The SMILES string of the molecule is COc1ccc(-c2noc(CN3CCCC(C(=O)NC(C)COc4ccc(C)c(C)c4)C3)n2)cc1OC. The highest BCUT2D eigenvalue weighted by molar-refractivity contribution is 5.79. The molecule has 2 atom stereocenters. The van der Waals surface area contributed by atoms with Crippen LogP contribution in [0, 0.1) is 19.8 Å². The van der Waals surface area contributed by atoms with Crippen LogP contribution in [0.15, 0.2) is 40.9 Å². The second kappa shape index (κ2) is 12.1. The Morgan fingerprint density at radius 2 is 1.95 bits per heavy atom. The molecule has 0 aliphatic carbocycles. The molecule has 2 unspecified atom stereocenters. The fourth-order valence-electron chi connectivity index (χ4n) is 4.44. The molecule has 1 aromatic heterocycles. The molecule has 0 spiro atoms. The van der Waals surface area contributed by atoms with Crippen LogP contribution in [0.2, 0.25) is 0 Å². The minimum Gasteiger partial charge on any atom is -0.493 e. The molecule has 2 aromatic carbocycles. The van der Waals surface area contributed by atoms with E-state index in [2.05, 4.69) is 34.2 Å². The summed E-state index contributed by atoms with van der Waals surface area (Å²) in [6.07, 6.45) is 1.79. The number of rotatable bonds is 10. The molecule has 3 aromatic rings. The van der Waals surface area contributed by atoms with Crippen molar-refractivity contribution in [2.24, 2.45) is 5.92 Å². The number of nitrogens with zero attached hydrogens (tertiary/aromatic N) is 3. The molecule has 9 nitrogen and oxygen atoms in total. The second-order valence-corrected chi connectivity index (χ2v) is 9.62. The first kappa shape index (κ1) is 26.5. The van der Waals surface area contributed by atoms with Crippen molar-refractivity contribution in [1.29, 1.82) is 0 Å². The summed E-state index contributed by atoms with van der Waals surface area (Å²) in [6, 6.07) is 11.4. The first-order chi connectivity index (χ1) is 17.9. The van der Waals surface area contributed by atoms with E-state index in [-0.39, 0.29) is 17.9 Å². The third-order valence-electron chi connectivity index (χ3n) is 6.71. The fraction of sp³-hybridized carbons (Fsp3) is 0.464. The van der Waals surface area contributed by atoms with Gasteiger partial charge in [0.05, 0.1) is 32.7 Å². The van der Waals surface area contributed by atoms with Crippen molar-refractivity contribution in [1.82, 2.24) is 20.4 Å². The Balaban J connectivity index is 1.28. The summed E-state index contributed by atoms with van der Waals surface area (Å²) < 4.78 is 22.1. The highest BCUT2D eigenvalue weighted by atomic mass is 16.5. The minimum absolute atomic E-state index is 0.0532. The quantitative estimate of drug-likeness (QED) is 0.436. The first-order valence-electron chi connectivity index (χ1n) is 12.6. The lowest BCUT2D eigenvalue weighted by Gasteiger charge is -2.31. The van der Waals surface area contributed by atoms with Crippen molar-refractivity contribution in [3.63, 3.8) is 0 Å². The van der Waals surface area contributed by atoms with E-state index in [1.807, 2.05) is 43.3 Å². The molecule has 9 heteroatoms. The van der Waals surface area contributed by atoms with Gasteiger partial charge < -0.3 is 24.1 Å². The maximum Gasteiger partial charge on any atom is 0.241 e. The van der Waals surface area contributed by atoms with Crippen LogP contribution in [0.1, 0.15) is 36.8 Å². The number of benzene rings is 2. The van der Waals surface area contributed by atoms with Gasteiger partial charge in [0.25, 0.3) is 0 Å². The maximum absolute atomic E-state index is 13.0. The molecule has 4 rings (SSSR count). The summed E-state index contributed by atoms with van der Waals surface area (Å²) in [5, 5.41) is 7.24. The third-order valence-corrected chi connectivity index (χ3v) is 6.71. The zero-order valence-electron chi connectivity index (χ0n) is 22.2. The molecule has 0 bridgehead atoms. The van der Waals surface area contributed by atoms with Gasteiger partial charge >= 0.3 is 0 Å². The first-order valence-corrected chi connectivity index (χ1v) is 12.6. The molecular formula is C28H36N4O5. The molecule has 0 radical (unpaired) electrons. The summed E-state index contributed by atoms with van der Waals surface area (Å²) in [5.41, 5.74) is 3.20. The molecule has 1 amide bonds. The highest BCUT2D eigenvalue weighted by Crippen LogP contribution is 2.31. The van der Waals surface area contributed by atoms with E-state index < -0.39 is 0 Å². The van der Waals surface area contributed by atoms with E-state index in [1.165, 1.54) is 11.1 Å². The minimum atomic E-state index is -0.0931. The van der Waals surface area contributed by atoms with Crippen LogP contribution in [-0.2, 0) is 11.3 Å². The van der Waals surface area contributed by atoms with Gasteiger partial charge in [-0.3, -0.25) is 9.69 Å². The number of aryl methyl sites for hydroxylation is 2. The number of hydrogen-bond acceptors (Lipinski definition) is 8. The van der Waals surface area contributed by atoms with Gasteiger partial charge in [-0.2, -0.15) is 4.98 Å². The van der Waals surface area contributed by atoms with Crippen molar-refractivity contribution in [2.45, 2.75) is 46.2 Å². The van der Waals surface area contributed by atoms with Gasteiger partial charge in [-0.15, -0.1) is 0 Å². The van der Waals surface area contributed by atoms with Crippen LogP contribution in [0.3, 0.4) is 0 Å². The van der Waals surface area contributed by atoms with Gasteiger partial charge in [0.1, 0.15) is 12.4 Å². The Morgan fingerprint density at radius 1 is 1.14 bits per heavy atom. The molecular weight excluding hydrogens is 472 g/mol. The Bertz CT molecular complexity index is 1210. The summed E-state index contributed by atoms with van der Waals surface area (Å²) >= 11 is 0. The number of nitrogens with one attached hydrogen (secondary N) is 1. The van der Waals surface area contributed by atoms with Crippen molar-refractivity contribution >= 4 is 5.91 Å². The van der Waals surface area contributed by atoms with Crippen molar-refractivity contribution in [3.8, 4) is 28.6 Å². The van der Waals surface area contributed by atoms with E-state index in [9.17, 15) is 4.79 Å². The van der Waals surface area contributed by atoms with Crippen LogP contribution >= 0.6 is 0 Å². The monoisotopic (exact) mass is 508 g/mol. The van der Waals surface area contributed by atoms with E-state index in [1.54, 1.807) is 14.2 Å². The second-order valence-electron chi connectivity index (χ2n) is 9.62. The van der Waals surface area contributed by atoms with Gasteiger partial charge in [0.15, 0.2) is 11.5 Å². The lowest BCUT2D eigenvalue weighted by molar-refractivity contribution is -0.127. The summed E-state index contributed by atoms with van der Waals surface area (Å²) in [5.74, 6) is 3.02. The van der Waals surface area contributed by atoms with Crippen LogP contribution in [0.5, 0.6) is 17.2 Å².